The van der Waals surface area contributed by atoms with Crippen molar-refractivity contribution < 1.29 is 22.7 Å². The summed E-state index contributed by atoms with van der Waals surface area (Å²) in [6, 6.07) is 16.9. The Balaban J connectivity index is 2.04. The molecule has 0 aromatic heterocycles. The Morgan fingerprint density at radius 3 is 2.34 bits per heavy atom. The van der Waals surface area contributed by atoms with Gasteiger partial charge in [0.15, 0.2) is 0 Å². The first-order valence-corrected chi connectivity index (χ1v) is 15.4. The van der Waals surface area contributed by atoms with E-state index >= 15 is 0 Å². The zero-order valence-electron chi connectivity index (χ0n) is 23.6. The molecule has 0 radical (unpaired) electrons. The lowest BCUT2D eigenvalue weighted by atomic mass is 10.1. The maximum atomic E-state index is 14.0. The summed E-state index contributed by atoms with van der Waals surface area (Å²) in [5, 5.41) is 3.52. The van der Waals surface area contributed by atoms with Crippen molar-refractivity contribution in [2.45, 2.75) is 51.1 Å². The number of carbonyl (C=O) groups excluding carboxylic acids is 2. The Labute approximate surface area is 252 Å². The lowest BCUT2D eigenvalue weighted by Gasteiger charge is -2.32. The molecule has 0 aliphatic heterocycles. The van der Waals surface area contributed by atoms with Gasteiger partial charge in [0, 0.05) is 18.1 Å². The second-order valence-electron chi connectivity index (χ2n) is 9.62. The summed E-state index contributed by atoms with van der Waals surface area (Å²) in [5.41, 5.74) is 1.75. The topological polar surface area (TPSA) is 96.0 Å². The zero-order valence-corrected chi connectivity index (χ0v) is 25.9. The molecule has 0 unspecified atom stereocenters. The fourth-order valence-corrected chi connectivity index (χ4v) is 6.00. The molecule has 3 aromatic carbocycles. The maximum absolute atomic E-state index is 14.0. The largest absolute Gasteiger partial charge is 0.495 e. The van der Waals surface area contributed by atoms with E-state index in [1.165, 1.54) is 42.3 Å². The van der Waals surface area contributed by atoms with Gasteiger partial charge < -0.3 is 15.0 Å². The number of ether oxygens (including phenoxy) is 1. The van der Waals surface area contributed by atoms with E-state index in [1.54, 1.807) is 43.3 Å². The number of halogens is 2. The summed E-state index contributed by atoms with van der Waals surface area (Å²) in [5.74, 6) is -0.561. The predicted octanol–water partition coefficient (Wildman–Crippen LogP) is 5.84. The molecule has 0 saturated heterocycles. The van der Waals surface area contributed by atoms with Crippen LogP contribution in [0, 0.1) is 6.92 Å². The minimum absolute atomic E-state index is 0.00888. The van der Waals surface area contributed by atoms with E-state index in [0.717, 1.165) is 22.7 Å². The van der Waals surface area contributed by atoms with Crippen molar-refractivity contribution in [2.75, 3.05) is 24.5 Å². The lowest BCUT2D eigenvalue weighted by molar-refractivity contribution is -0.139. The van der Waals surface area contributed by atoms with Gasteiger partial charge in [-0.3, -0.25) is 13.9 Å². The van der Waals surface area contributed by atoms with E-state index in [-0.39, 0.29) is 28.1 Å². The van der Waals surface area contributed by atoms with Gasteiger partial charge >= 0.3 is 0 Å². The number of methoxy groups -OCH3 is 1. The number of rotatable bonds is 13. The van der Waals surface area contributed by atoms with E-state index in [1.807, 2.05) is 13.8 Å². The third kappa shape index (κ3) is 8.38. The van der Waals surface area contributed by atoms with Crippen LogP contribution in [-0.2, 0) is 26.2 Å². The van der Waals surface area contributed by atoms with Crippen molar-refractivity contribution in [1.29, 1.82) is 0 Å². The predicted molar refractivity (Wildman–Crippen MR) is 163 cm³/mol. The minimum Gasteiger partial charge on any atom is -0.495 e. The van der Waals surface area contributed by atoms with Crippen molar-refractivity contribution in [3.63, 3.8) is 0 Å². The monoisotopic (exact) mass is 619 g/mol. The van der Waals surface area contributed by atoms with Gasteiger partial charge in [-0.2, -0.15) is 0 Å². The molecule has 0 bridgehead atoms. The highest BCUT2D eigenvalue weighted by Crippen LogP contribution is 2.32. The van der Waals surface area contributed by atoms with E-state index in [4.69, 9.17) is 27.9 Å². The molecule has 0 spiro atoms. The molecule has 0 heterocycles. The quantitative estimate of drug-likeness (QED) is 0.243. The van der Waals surface area contributed by atoms with Crippen LogP contribution in [0.3, 0.4) is 0 Å². The molecule has 8 nitrogen and oxygen atoms in total. The second kappa shape index (κ2) is 14.6. The molecule has 3 rings (SSSR count). The average molecular weight is 621 g/mol. The van der Waals surface area contributed by atoms with Crippen LogP contribution >= 0.6 is 23.2 Å². The molecule has 11 heteroatoms. The van der Waals surface area contributed by atoms with E-state index in [2.05, 4.69) is 5.32 Å². The fourth-order valence-electron chi connectivity index (χ4n) is 4.13. The first-order chi connectivity index (χ1) is 19.5. The normalized spacial score (nSPS) is 12.0. The smallest absolute Gasteiger partial charge is 0.264 e. The summed E-state index contributed by atoms with van der Waals surface area (Å²) < 4.78 is 34.1. The van der Waals surface area contributed by atoms with E-state index in [0.29, 0.717) is 22.9 Å². The van der Waals surface area contributed by atoms with Crippen LogP contribution in [0.25, 0.3) is 0 Å². The van der Waals surface area contributed by atoms with Gasteiger partial charge in [-0.1, -0.05) is 66.4 Å². The number of sulfonamides is 1. The molecule has 0 aliphatic rings. The van der Waals surface area contributed by atoms with Crippen LogP contribution in [0.2, 0.25) is 10.0 Å². The molecule has 0 fully saturated rings. The number of benzene rings is 3. The Bertz CT molecular complexity index is 1470. The summed E-state index contributed by atoms with van der Waals surface area (Å²) in [7, 11) is -2.76. The summed E-state index contributed by atoms with van der Waals surface area (Å²) >= 11 is 12.5. The number of nitrogens with zero attached hydrogens (tertiary/aromatic N) is 2. The van der Waals surface area contributed by atoms with Crippen molar-refractivity contribution in [3.05, 3.63) is 87.9 Å². The Morgan fingerprint density at radius 1 is 1.02 bits per heavy atom. The Kier molecular flexibility index (Phi) is 11.5. The van der Waals surface area contributed by atoms with Gasteiger partial charge in [-0.25, -0.2) is 8.42 Å². The molecule has 2 amide bonds. The SMILES string of the molecule is CCCCNC(=O)[C@H](C)N(Cc1cccc(Cl)c1)C(=O)CN(c1ccc(OC)c(Cl)c1)S(=O)(=O)c1ccc(C)cc1. The van der Waals surface area contributed by atoms with Gasteiger partial charge in [0.2, 0.25) is 11.8 Å². The third-order valence-corrected chi connectivity index (χ3v) is 8.87. The van der Waals surface area contributed by atoms with Crippen molar-refractivity contribution in [1.82, 2.24) is 10.2 Å². The number of carbonyl (C=O) groups is 2. The highest BCUT2D eigenvalue weighted by Gasteiger charge is 2.32. The first-order valence-electron chi connectivity index (χ1n) is 13.2. The van der Waals surface area contributed by atoms with Crippen LogP contribution in [0.1, 0.15) is 37.8 Å². The molecular formula is C30H35Cl2N3O5S. The van der Waals surface area contributed by atoms with Gasteiger partial charge in [0.05, 0.1) is 22.7 Å². The van der Waals surface area contributed by atoms with Crippen molar-refractivity contribution in [3.8, 4) is 5.75 Å². The minimum atomic E-state index is -4.21. The molecule has 1 atom stereocenters. The van der Waals surface area contributed by atoms with Gasteiger partial charge in [-0.05, 0) is 68.3 Å². The standard InChI is InChI=1S/C30H35Cl2N3O5S/c1-5-6-16-33-30(37)22(3)34(19-23-8-7-9-24(31)17-23)29(36)20-35(25-12-15-28(40-4)27(32)18-25)41(38,39)26-13-10-21(2)11-14-26/h7-15,17-18,22H,5-6,16,19-20H2,1-4H3,(H,33,37)/t22-/m0/s1. The molecule has 0 saturated carbocycles. The highest BCUT2D eigenvalue weighted by atomic mass is 35.5. The van der Waals surface area contributed by atoms with Gasteiger partial charge in [-0.15, -0.1) is 0 Å². The van der Waals surface area contributed by atoms with E-state index in [9.17, 15) is 18.0 Å². The number of anilines is 1. The van der Waals surface area contributed by atoms with Crippen molar-refractivity contribution >= 4 is 50.7 Å². The van der Waals surface area contributed by atoms with Gasteiger partial charge in [0.1, 0.15) is 18.3 Å². The third-order valence-electron chi connectivity index (χ3n) is 6.55. The Hall–Kier alpha value is -3.27. The van der Waals surface area contributed by atoms with Crippen molar-refractivity contribution in [2.24, 2.45) is 0 Å². The summed E-state index contributed by atoms with van der Waals surface area (Å²) in [6.07, 6.45) is 1.69. The summed E-state index contributed by atoms with van der Waals surface area (Å²) in [6.45, 7) is 5.42. The van der Waals surface area contributed by atoms with Gasteiger partial charge in [0.25, 0.3) is 10.0 Å². The second-order valence-corrected chi connectivity index (χ2v) is 12.3. The number of hydrogen-bond donors (Lipinski definition) is 1. The zero-order chi connectivity index (χ0) is 30.2. The fraction of sp³-hybridized carbons (Fsp3) is 0.333. The van der Waals surface area contributed by atoms with Crippen LogP contribution in [-0.4, -0.2) is 51.4 Å². The average Bonchev–Trinajstić information content (AvgIpc) is 2.94. The highest BCUT2D eigenvalue weighted by molar-refractivity contribution is 7.92. The van der Waals surface area contributed by atoms with Crippen LogP contribution < -0.4 is 14.4 Å². The number of aryl methyl sites for hydroxylation is 1. The summed E-state index contributed by atoms with van der Waals surface area (Å²) in [4.78, 5) is 28.4. The number of nitrogens with one attached hydrogen (secondary N) is 1. The molecule has 41 heavy (non-hydrogen) atoms. The van der Waals surface area contributed by atoms with Crippen LogP contribution in [0.5, 0.6) is 5.75 Å². The number of hydrogen-bond acceptors (Lipinski definition) is 5. The number of unbranched alkanes of at least 4 members (excludes halogenated alkanes) is 1. The Morgan fingerprint density at radius 2 is 1.73 bits per heavy atom. The lowest BCUT2D eigenvalue weighted by Crippen LogP contribution is -2.51. The van der Waals surface area contributed by atoms with Crippen LogP contribution in [0.15, 0.2) is 71.6 Å². The molecule has 220 valence electrons. The molecule has 0 aliphatic carbocycles. The molecular weight excluding hydrogens is 585 g/mol. The molecule has 3 aromatic rings. The first kappa shape index (κ1) is 32.2. The van der Waals surface area contributed by atoms with E-state index < -0.39 is 28.5 Å². The van der Waals surface area contributed by atoms with Crippen LogP contribution in [0.4, 0.5) is 5.69 Å². The number of amides is 2. The maximum Gasteiger partial charge on any atom is 0.264 e. The molecule has 1 N–H and O–H groups in total.